The number of aryl methyl sites for hydroxylation is 2. The molecule has 4 heteroatoms. The van der Waals surface area contributed by atoms with Crippen molar-refractivity contribution in [1.29, 1.82) is 0 Å². The van der Waals surface area contributed by atoms with Gasteiger partial charge in [0.15, 0.2) is 0 Å². The van der Waals surface area contributed by atoms with E-state index in [1.165, 1.54) is 0 Å². The minimum Gasteiger partial charge on any atom is -0.508 e. The molecule has 0 heterocycles. The second-order valence-corrected chi connectivity index (χ2v) is 8.46. The van der Waals surface area contributed by atoms with Gasteiger partial charge in [0.05, 0.1) is 4.75 Å². The van der Waals surface area contributed by atoms with Gasteiger partial charge in [-0.15, -0.1) is 11.8 Å². The van der Waals surface area contributed by atoms with Crippen LogP contribution in [0.15, 0.2) is 53.4 Å². The summed E-state index contributed by atoms with van der Waals surface area (Å²) in [5, 5.41) is 12.8. The maximum Gasteiger partial charge on any atom is 0.236 e. The van der Waals surface area contributed by atoms with Crippen molar-refractivity contribution < 1.29 is 9.90 Å². The van der Waals surface area contributed by atoms with E-state index in [-0.39, 0.29) is 5.91 Å². The molecule has 0 bridgehead atoms. The van der Waals surface area contributed by atoms with Crippen LogP contribution in [0.4, 0.5) is 0 Å². The number of amides is 1. The lowest BCUT2D eigenvalue weighted by Gasteiger charge is -2.23. The van der Waals surface area contributed by atoms with Crippen molar-refractivity contribution in [3.05, 3.63) is 59.7 Å². The van der Waals surface area contributed by atoms with Gasteiger partial charge < -0.3 is 10.4 Å². The Labute approximate surface area is 154 Å². The molecule has 2 rings (SSSR count). The molecule has 25 heavy (non-hydrogen) atoms. The molecule has 1 amide bonds. The molecule has 0 aromatic heterocycles. The Bertz CT molecular complexity index is 698. The van der Waals surface area contributed by atoms with E-state index in [0.717, 1.165) is 35.3 Å². The maximum absolute atomic E-state index is 12.4. The summed E-state index contributed by atoms with van der Waals surface area (Å²) in [5.74, 6) is 0.417. The van der Waals surface area contributed by atoms with Crippen molar-refractivity contribution in [3.8, 4) is 5.75 Å². The number of carbonyl (C=O) groups excluding carboxylic acids is 1. The predicted octanol–water partition coefficient (Wildman–Crippen LogP) is 4.71. The van der Waals surface area contributed by atoms with Crippen LogP contribution < -0.4 is 5.32 Å². The van der Waals surface area contributed by atoms with E-state index < -0.39 is 4.75 Å². The molecule has 2 aromatic rings. The molecule has 3 nitrogen and oxygen atoms in total. The molecule has 0 aliphatic heterocycles. The van der Waals surface area contributed by atoms with Gasteiger partial charge >= 0.3 is 0 Å². The fraction of sp³-hybridized carbons (Fsp3) is 0.381. The van der Waals surface area contributed by atoms with E-state index in [1.807, 2.05) is 69.3 Å². The first-order valence-electron chi connectivity index (χ1n) is 8.69. The zero-order valence-electron chi connectivity index (χ0n) is 15.2. The fourth-order valence-corrected chi connectivity index (χ4v) is 3.56. The standard InChI is InChI=1S/C21H27NO2S/c1-16-12-13-17(15-19(16)23)9-7-8-14-22-20(24)21(2,3)25-18-10-5-4-6-11-18/h4-6,10-13,15,23H,7-9,14H2,1-3H3,(H,22,24). The van der Waals surface area contributed by atoms with Crippen LogP contribution in [0.5, 0.6) is 5.75 Å². The molecular weight excluding hydrogens is 330 g/mol. The molecule has 2 aromatic carbocycles. The maximum atomic E-state index is 12.4. The molecule has 0 saturated heterocycles. The molecule has 0 spiro atoms. The number of thioether (sulfide) groups is 1. The van der Waals surface area contributed by atoms with Crippen LogP contribution in [0.1, 0.15) is 37.8 Å². The minimum atomic E-state index is -0.496. The van der Waals surface area contributed by atoms with Crippen molar-refractivity contribution >= 4 is 17.7 Å². The van der Waals surface area contributed by atoms with Crippen LogP contribution in [-0.4, -0.2) is 22.3 Å². The van der Waals surface area contributed by atoms with Crippen LogP contribution in [-0.2, 0) is 11.2 Å². The third kappa shape index (κ3) is 6.13. The summed E-state index contributed by atoms with van der Waals surface area (Å²) in [5.41, 5.74) is 2.03. The fourth-order valence-electron chi connectivity index (χ4n) is 2.51. The molecule has 2 N–H and O–H groups in total. The number of unbranched alkanes of at least 4 members (excludes halogenated alkanes) is 1. The second kappa shape index (κ2) is 8.95. The molecular formula is C21H27NO2S. The third-order valence-electron chi connectivity index (χ3n) is 4.11. The third-order valence-corrected chi connectivity index (χ3v) is 5.32. The van der Waals surface area contributed by atoms with Crippen LogP contribution in [0, 0.1) is 6.92 Å². The molecule has 0 aliphatic rings. The van der Waals surface area contributed by atoms with Crippen molar-refractivity contribution in [2.45, 2.75) is 49.7 Å². The second-order valence-electron chi connectivity index (χ2n) is 6.76. The number of aromatic hydroxyl groups is 1. The van der Waals surface area contributed by atoms with E-state index >= 15 is 0 Å². The number of nitrogens with one attached hydrogen (secondary N) is 1. The monoisotopic (exact) mass is 357 g/mol. The van der Waals surface area contributed by atoms with Gasteiger partial charge in [-0.1, -0.05) is 30.3 Å². The van der Waals surface area contributed by atoms with Crippen molar-refractivity contribution in [3.63, 3.8) is 0 Å². The van der Waals surface area contributed by atoms with Crippen LogP contribution >= 0.6 is 11.8 Å². The summed E-state index contributed by atoms with van der Waals surface area (Å²) < 4.78 is -0.496. The van der Waals surface area contributed by atoms with Crippen molar-refractivity contribution in [1.82, 2.24) is 5.32 Å². The van der Waals surface area contributed by atoms with Crippen LogP contribution in [0.2, 0.25) is 0 Å². The van der Waals surface area contributed by atoms with E-state index in [0.29, 0.717) is 12.3 Å². The van der Waals surface area contributed by atoms with Crippen LogP contribution in [0.3, 0.4) is 0 Å². The van der Waals surface area contributed by atoms with E-state index in [9.17, 15) is 9.90 Å². The summed E-state index contributed by atoms with van der Waals surface area (Å²) in [4.78, 5) is 13.5. The van der Waals surface area contributed by atoms with Gasteiger partial charge in [-0.05, 0) is 69.4 Å². The van der Waals surface area contributed by atoms with Gasteiger partial charge in [0.25, 0.3) is 0 Å². The summed E-state index contributed by atoms with van der Waals surface area (Å²) in [6.07, 6.45) is 2.81. The van der Waals surface area contributed by atoms with E-state index in [2.05, 4.69) is 5.32 Å². The Hall–Kier alpha value is -1.94. The molecule has 134 valence electrons. The van der Waals surface area contributed by atoms with Crippen molar-refractivity contribution in [2.24, 2.45) is 0 Å². The number of hydrogen-bond acceptors (Lipinski definition) is 3. The summed E-state index contributed by atoms with van der Waals surface area (Å²) in [6, 6.07) is 15.8. The van der Waals surface area contributed by atoms with Gasteiger partial charge in [-0.3, -0.25) is 4.79 Å². The number of rotatable bonds is 8. The zero-order chi connectivity index (χ0) is 18.3. The molecule has 0 aliphatic carbocycles. The first-order valence-corrected chi connectivity index (χ1v) is 9.51. The average molecular weight is 358 g/mol. The Morgan fingerprint density at radius 2 is 1.84 bits per heavy atom. The number of carbonyl (C=O) groups is 1. The predicted molar refractivity (Wildman–Crippen MR) is 105 cm³/mol. The quantitative estimate of drug-likeness (QED) is 0.531. The van der Waals surface area contributed by atoms with Gasteiger partial charge in [-0.2, -0.15) is 0 Å². The van der Waals surface area contributed by atoms with Gasteiger partial charge in [0, 0.05) is 11.4 Å². The van der Waals surface area contributed by atoms with E-state index in [1.54, 1.807) is 11.8 Å². The summed E-state index contributed by atoms with van der Waals surface area (Å²) >= 11 is 1.58. The smallest absolute Gasteiger partial charge is 0.236 e. The van der Waals surface area contributed by atoms with Crippen LogP contribution in [0.25, 0.3) is 0 Å². The Morgan fingerprint density at radius 1 is 1.12 bits per heavy atom. The van der Waals surface area contributed by atoms with Gasteiger partial charge in [-0.25, -0.2) is 0 Å². The summed E-state index contributed by atoms with van der Waals surface area (Å²) in [7, 11) is 0. The topological polar surface area (TPSA) is 49.3 Å². The largest absolute Gasteiger partial charge is 0.508 e. The summed E-state index contributed by atoms with van der Waals surface area (Å²) in [6.45, 7) is 6.48. The van der Waals surface area contributed by atoms with Crippen molar-refractivity contribution in [2.75, 3.05) is 6.54 Å². The zero-order valence-corrected chi connectivity index (χ0v) is 16.0. The van der Waals surface area contributed by atoms with E-state index in [4.69, 9.17) is 0 Å². The SMILES string of the molecule is Cc1ccc(CCCCNC(=O)C(C)(C)Sc2ccccc2)cc1O. The van der Waals surface area contributed by atoms with Gasteiger partial charge in [0.2, 0.25) is 5.91 Å². The highest BCUT2D eigenvalue weighted by Crippen LogP contribution is 2.32. The lowest BCUT2D eigenvalue weighted by atomic mass is 10.1. The number of phenolic OH excluding ortho intramolecular Hbond substituents is 1. The lowest BCUT2D eigenvalue weighted by molar-refractivity contribution is -0.122. The lowest BCUT2D eigenvalue weighted by Crippen LogP contribution is -2.40. The number of benzene rings is 2. The molecule has 0 radical (unpaired) electrons. The molecule has 0 unspecified atom stereocenters. The molecule has 0 fully saturated rings. The normalized spacial score (nSPS) is 11.3. The molecule has 0 atom stereocenters. The molecule has 0 saturated carbocycles. The number of hydrogen-bond donors (Lipinski definition) is 2. The highest BCUT2D eigenvalue weighted by Gasteiger charge is 2.28. The van der Waals surface area contributed by atoms with Gasteiger partial charge in [0.1, 0.15) is 5.75 Å². The highest BCUT2D eigenvalue weighted by molar-refractivity contribution is 8.01. The first-order chi connectivity index (χ1) is 11.9. The first kappa shape index (κ1) is 19.4. The Morgan fingerprint density at radius 3 is 2.52 bits per heavy atom. The Balaban J connectivity index is 1.71. The Kier molecular flexibility index (Phi) is 6.94. The number of phenols is 1. The highest BCUT2D eigenvalue weighted by atomic mass is 32.2. The minimum absolute atomic E-state index is 0.0642. The average Bonchev–Trinajstić information content (AvgIpc) is 2.58.